The van der Waals surface area contributed by atoms with Gasteiger partial charge in [0.25, 0.3) is 0 Å². The molecule has 0 atom stereocenters. The van der Waals surface area contributed by atoms with Gasteiger partial charge in [-0.05, 0) is 12.8 Å². The van der Waals surface area contributed by atoms with Gasteiger partial charge in [-0.3, -0.25) is 0 Å². The lowest BCUT2D eigenvalue weighted by Crippen LogP contribution is -2.38. The molecule has 1 rings (SSSR count). The van der Waals surface area contributed by atoms with Crippen LogP contribution in [-0.2, 0) is 9.47 Å². The maximum atomic E-state index is 8.59. The van der Waals surface area contributed by atoms with E-state index in [1.165, 1.54) is 0 Å². The van der Waals surface area contributed by atoms with E-state index in [0.29, 0.717) is 5.71 Å². The largest absolute Gasteiger partial charge is 0.411 e. The van der Waals surface area contributed by atoms with Crippen LogP contribution < -0.4 is 0 Å². The van der Waals surface area contributed by atoms with Crippen molar-refractivity contribution in [2.45, 2.75) is 25.0 Å². The summed E-state index contributed by atoms with van der Waals surface area (Å²) in [6, 6.07) is 0. The Morgan fingerprint density at radius 1 is 1.45 bits per heavy atom. The molecule has 1 saturated carbocycles. The normalized spacial score (nSPS) is 26.2. The van der Waals surface area contributed by atoms with Gasteiger partial charge in [0.1, 0.15) is 5.71 Å². The number of hydrogen-bond acceptors (Lipinski definition) is 4. The Hall–Kier alpha value is -0.610. The molecule has 0 saturated heterocycles. The molecule has 0 bridgehead atoms. The van der Waals surface area contributed by atoms with Crippen molar-refractivity contribution in [1.29, 1.82) is 0 Å². The van der Waals surface area contributed by atoms with Gasteiger partial charge in [-0.2, -0.15) is 0 Å². The zero-order valence-electron chi connectivity index (χ0n) is 6.83. The van der Waals surface area contributed by atoms with Gasteiger partial charge in [0.2, 0.25) is 5.79 Å². The fraction of sp³-hybridized carbons (Fsp3) is 0.857. The molecule has 0 heterocycles. The molecule has 11 heavy (non-hydrogen) atoms. The van der Waals surface area contributed by atoms with Gasteiger partial charge >= 0.3 is 0 Å². The first kappa shape index (κ1) is 8.49. The lowest BCUT2D eigenvalue weighted by Gasteiger charge is -2.25. The van der Waals surface area contributed by atoms with Crippen molar-refractivity contribution in [1.82, 2.24) is 0 Å². The second-order valence-corrected chi connectivity index (χ2v) is 2.56. The molecule has 4 nitrogen and oxygen atoms in total. The lowest BCUT2D eigenvalue weighted by molar-refractivity contribution is -0.152. The number of rotatable bonds is 2. The Morgan fingerprint density at radius 3 is 2.45 bits per heavy atom. The topological polar surface area (TPSA) is 51.0 Å². The highest BCUT2D eigenvalue weighted by Crippen LogP contribution is 2.30. The third kappa shape index (κ3) is 1.23. The highest BCUT2D eigenvalue weighted by molar-refractivity contribution is 5.92. The fourth-order valence-electron chi connectivity index (χ4n) is 1.47. The summed E-state index contributed by atoms with van der Waals surface area (Å²) < 4.78 is 10.3. The number of nitrogens with zero attached hydrogens (tertiary/aromatic N) is 1. The van der Waals surface area contributed by atoms with Crippen LogP contribution >= 0.6 is 0 Å². The van der Waals surface area contributed by atoms with Gasteiger partial charge in [0, 0.05) is 20.6 Å². The zero-order chi connectivity index (χ0) is 8.32. The van der Waals surface area contributed by atoms with Crippen LogP contribution in [0.2, 0.25) is 0 Å². The number of methoxy groups -OCH3 is 2. The van der Waals surface area contributed by atoms with E-state index in [4.69, 9.17) is 14.7 Å². The van der Waals surface area contributed by atoms with Crippen molar-refractivity contribution >= 4 is 5.71 Å². The third-order valence-corrected chi connectivity index (χ3v) is 2.14. The molecule has 64 valence electrons. The number of oxime groups is 1. The van der Waals surface area contributed by atoms with Crippen LogP contribution in [0.4, 0.5) is 0 Å². The minimum atomic E-state index is -0.755. The maximum Gasteiger partial charge on any atom is 0.211 e. The number of ether oxygens (including phenoxy) is 2. The summed E-state index contributed by atoms with van der Waals surface area (Å²) in [7, 11) is 3.11. The van der Waals surface area contributed by atoms with E-state index in [9.17, 15) is 0 Å². The predicted octanol–water partition coefficient (Wildman–Crippen LogP) is 0.990. The Balaban J connectivity index is 2.81. The summed E-state index contributed by atoms with van der Waals surface area (Å²) in [4.78, 5) is 0. The van der Waals surface area contributed by atoms with E-state index >= 15 is 0 Å². The van der Waals surface area contributed by atoms with Crippen LogP contribution in [0.3, 0.4) is 0 Å². The summed E-state index contributed by atoms with van der Waals surface area (Å²) in [5.41, 5.74) is 0.586. The second-order valence-electron chi connectivity index (χ2n) is 2.56. The van der Waals surface area contributed by atoms with E-state index in [-0.39, 0.29) is 0 Å². The van der Waals surface area contributed by atoms with Crippen molar-refractivity contribution in [2.24, 2.45) is 5.16 Å². The molecule has 4 heteroatoms. The molecule has 0 aromatic rings. The molecule has 1 aliphatic rings. The van der Waals surface area contributed by atoms with Gasteiger partial charge in [0.05, 0.1) is 0 Å². The average Bonchev–Trinajstić information content (AvgIpc) is 2.47. The van der Waals surface area contributed by atoms with E-state index in [1.54, 1.807) is 14.2 Å². The van der Waals surface area contributed by atoms with E-state index in [0.717, 1.165) is 19.3 Å². The summed E-state index contributed by atoms with van der Waals surface area (Å²) in [5.74, 6) is -0.755. The molecular formula is C7H13NO3. The molecule has 1 N–H and O–H groups in total. The Kier molecular flexibility index (Phi) is 2.46. The van der Waals surface area contributed by atoms with Crippen molar-refractivity contribution in [3.63, 3.8) is 0 Å². The van der Waals surface area contributed by atoms with Crippen LogP contribution in [0.25, 0.3) is 0 Å². The average molecular weight is 159 g/mol. The Morgan fingerprint density at radius 2 is 2.09 bits per heavy atom. The van der Waals surface area contributed by atoms with Gasteiger partial charge in [0.15, 0.2) is 0 Å². The van der Waals surface area contributed by atoms with E-state index < -0.39 is 5.79 Å². The summed E-state index contributed by atoms with van der Waals surface area (Å²) in [6.07, 6.45) is 2.46. The fourth-order valence-corrected chi connectivity index (χ4v) is 1.47. The van der Waals surface area contributed by atoms with E-state index in [2.05, 4.69) is 5.16 Å². The van der Waals surface area contributed by atoms with Crippen molar-refractivity contribution in [3.05, 3.63) is 0 Å². The van der Waals surface area contributed by atoms with Crippen LogP contribution in [0, 0.1) is 0 Å². The number of hydrogen-bond donors (Lipinski definition) is 1. The molecule has 0 radical (unpaired) electrons. The predicted molar refractivity (Wildman–Crippen MR) is 39.8 cm³/mol. The first-order valence-corrected chi connectivity index (χ1v) is 3.61. The molecule has 0 aromatic heterocycles. The van der Waals surface area contributed by atoms with Crippen LogP contribution in [-0.4, -0.2) is 30.9 Å². The smallest absolute Gasteiger partial charge is 0.211 e. The minimum Gasteiger partial charge on any atom is -0.411 e. The Labute approximate surface area is 65.8 Å². The van der Waals surface area contributed by atoms with Crippen LogP contribution in [0.1, 0.15) is 19.3 Å². The van der Waals surface area contributed by atoms with Gasteiger partial charge < -0.3 is 14.7 Å². The van der Waals surface area contributed by atoms with Crippen molar-refractivity contribution in [3.8, 4) is 0 Å². The first-order chi connectivity index (χ1) is 5.29. The molecular weight excluding hydrogens is 146 g/mol. The summed E-state index contributed by atoms with van der Waals surface area (Å²) >= 11 is 0. The molecule has 0 aromatic carbocycles. The van der Waals surface area contributed by atoms with Gasteiger partial charge in [-0.1, -0.05) is 5.16 Å². The highest BCUT2D eigenvalue weighted by Gasteiger charge is 2.41. The molecule has 1 fully saturated rings. The monoisotopic (exact) mass is 159 g/mol. The van der Waals surface area contributed by atoms with Gasteiger partial charge in [-0.15, -0.1) is 0 Å². The molecule has 0 spiro atoms. The summed E-state index contributed by atoms with van der Waals surface area (Å²) in [5, 5.41) is 11.7. The SMILES string of the molecule is COC1(OC)CCC/C1=N/O. The minimum absolute atomic E-state index is 0.586. The standard InChI is InChI=1S/C7H13NO3/c1-10-7(11-2)5-3-4-6(7)8-9/h9H,3-5H2,1-2H3/b8-6-. The third-order valence-electron chi connectivity index (χ3n) is 2.14. The Bertz CT molecular complexity index is 163. The molecule has 0 unspecified atom stereocenters. The first-order valence-electron chi connectivity index (χ1n) is 3.61. The molecule has 0 amide bonds. The van der Waals surface area contributed by atoms with Crippen LogP contribution in [0.15, 0.2) is 5.16 Å². The zero-order valence-corrected chi connectivity index (χ0v) is 6.83. The maximum absolute atomic E-state index is 8.59. The second kappa shape index (κ2) is 3.19. The molecule has 0 aliphatic heterocycles. The van der Waals surface area contributed by atoms with Gasteiger partial charge in [-0.25, -0.2) is 0 Å². The van der Waals surface area contributed by atoms with Crippen molar-refractivity contribution < 1.29 is 14.7 Å². The van der Waals surface area contributed by atoms with Crippen molar-refractivity contribution in [2.75, 3.05) is 14.2 Å². The lowest BCUT2D eigenvalue weighted by atomic mass is 10.2. The van der Waals surface area contributed by atoms with Crippen LogP contribution in [0.5, 0.6) is 0 Å². The summed E-state index contributed by atoms with van der Waals surface area (Å²) in [6.45, 7) is 0. The highest BCUT2D eigenvalue weighted by atomic mass is 16.7. The quantitative estimate of drug-likeness (QED) is 0.371. The molecule has 1 aliphatic carbocycles. The van der Waals surface area contributed by atoms with E-state index in [1.807, 2.05) is 0 Å².